The van der Waals surface area contributed by atoms with Crippen LogP contribution in [0.15, 0.2) is 23.1 Å². The van der Waals surface area contributed by atoms with Crippen LogP contribution in [-0.4, -0.2) is 18.2 Å². The number of aryl methyl sites for hydroxylation is 2. The smallest absolute Gasteiger partial charge is 0.244 e. The van der Waals surface area contributed by atoms with Gasteiger partial charge in [0.15, 0.2) is 0 Å². The van der Waals surface area contributed by atoms with Crippen LogP contribution in [0.4, 0.5) is 0 Å². The zero-order valence-corrected chi connectivity index (χ0v) is 14.1. The van der Waals surface area contributed by atoms with E-state index in [0.717, 1.165) is 5.56 Å². The summed E-state index contributed by atoms with van der Waals surface area (Å²) in [6.45, 7) is 3.52. The second-order valence-electron chi connectivity index (χ2n) is 4.70. The van der Waals surface area contributed by atoms with Crippen molar-refractivity contribution < 1.29 is 8.42 Å². The van der Waals surface area contributed by atoms with E-state index in [2.05, 4.69) is 9.82 Å². The second kappa shape index (κ2) is 5.96. The molecular formula is C13H15Cl2N3O2S. The van der Waals surface area contributed by atoms with Gasteiger partial charge >= 0.3 is 0 Å². The molecule has 1 aromatic carbocycles. The molecule has 0 fully saturated rings. The SMILES string of the molecule is Cc1nn(C)c(C)c1S(=O)(=O)NCc1ccc(Cl)c(Cl)c1. The van der Waals surface area contributed by atoms with Crippen LogP contribution in [-0.2, 0) is 23.6 Å². The Bertz CT molecular complexity index is 785. The van der Waals surface area contributed by atoms with E-state index < -0.39 is 10.0 Å². The van der Waals surface area contributed by atoms with Crippen LogP contribution in [0, 0.1) is 13.8 Å². The second-order valence-corrected chi connectivity index (χ2v) is 7.21. The Labute approximate surface area is 133 Å². The first-order valence-corrected chi connectivity index (χ1v) is 8.40. The van der Waals surface area contributed by atoms with E-state index in [9.17, 15) is 8.42 Å². The molecular weight excluding hydrogens is 333 g/mol. The van der Waals surface area contributed by atoms with Gasteiger partial charge in [0.1, 0.15) is 4.90 Å². The summed E-state index contributed by atoms with van der Waals surface area (Å²) in [6, 6.07) is 4.99. The molecule has 1 heterocycles. The van der Waals surface area contributed by atoms with E-state index in [1.807, 2.05) is 0 Å². The van der Waals surface area contributed by atoms with E-state index in [-0.39, 0.29) is 11.4 Å². The molecule has 0 aliphatic heterocycles. The molecule has 2 aromatic rings. The van der Waals surface area contributed by atoms with Gasteiger partial charge in [-0.25, -0.2) is 13.1 Å². The van der Waals surface area contributed by atoms with Crippen molar-refractivity contribution in [1.29, 1.82) is 0 Å². The average Bonchev–Trinajstić information content (AvgIpc) is 2.65. The lowest BCUT2D eigenvalue weighted by Gasteiger charge is -2.08. The van der Waals surface area contributed by atoms with Gasteiger partial charge in [0.2, 0.25) is 10.0 Å². The molecule has 21 heavy (non-hydrogen) atoms. The summed E-state index contributed by atoms with van der Waals surface area (Å²) in [5.74, 6) is 0. The third kappa shape index (κ3) is 3.40. The molecule has 114 valence electrons. The Kier molecular flexibility index (Phi) is 4.63. The van der Waals surface area contributed by atoms with Gasteiger partial charge in [-0.05, 0) is 31.5 Å². The van der Waals surface area contributed by atoms with E-state index >= 15 is 0 Å². The van der Waals surface area contributed by atoms with Crippen LogP contribution in [0.5, 0.6) is 0 Å². The fraction of sp³-hybridized carbons (Fsp3) is 0.308. The van der Waals surface area contributed by atoms with Gasteiger partial charge in [0, 0.05) is 13.6 Å². The molecule has 2 rings (SSSR count). The number of nitrogens with one attached hydrogen (secondary N) is 1. The van der Waals surface area contributed by atoms with Crippen molar-refractivity contribution >= 4 is 33.2 Å². The average molecular weight is 348 g/mol. The van der Waals surface area contributed by atoms with Gasteiger partial charge in [-0.1, -0.05) is 29.3 Å². The fourth-order valence-corrected chi connectivity index (χ4v) is 3.82. The summed E-state index contributed by atoms with van der Waals surface area (Å²) >= 11 is 11.7. The lowest BCUT2D eigenvalue weighted by molar-refractivity contribution is 0.579. The minimum atomic E-state index is -3.63. The monoisotopic (exact) mass is 347 g/mol. The van der Waals surface area contributed by atoms with E-state index in [1.165, 1.54) is 0 Å². The van der Waals surface area contributed by atoms with Crippen LogP contribution < -0.4 is 4.72 Å². The molecule has 1 aromatic heterocycles. The maximum Gasteiger partial charge on any atom is 0.244 e. The van der Waals surface area contributed by atoms with Crippen LogP contribution in [0.25, 0.3) is 0 Å². The zero-order valence-electron chi connectivity index (χ0n) is 11.8. The maximum absolute atomic E-state index is 12.4. The largest absolute Gasteiger partial charge is 0.271 e. The molecule has 0 bridgehead atoms. The van der Waals surface area contributed by atoms with E-state index in [1.54, 1.807) is 43.8 Å². The standard InChI is InChI=1S/C13H15Cl2N3O2S/c1-8-13(9(2)18(3)17-8)21(19,20)16-7-10-4-5-11(14)12(15)6-10/h4-6,16H,7H2,1-3H3. The van der Waals surface area contributed by atoms with Gasteiger partial charge in [-0.15, -0.1) is 0 Å². The van der Waals surface area contributed by atoms with Crippen LogP contribution in [0.1, 0.15) is 17.0 Å². The fourth-order valence-electron chi connectivity index (χ4n) is 2.04. The number of hydrogen-bond donors (Lipinski definition) is 1. The molecule has 0 unspecified atom stereocenters. The zero-order chi connectivity index (χ0) is 15.8. The molecule has 0 radical (unpaired) electrons. The highest BCUT2D eigenvalue weighted by Crippen LogP contribution is 2.23. The van der Waals surface area contributed by atoms with Gasteiger partial charge in [0.05, 0.1) is 21.4 Å². The molecule has 0 aliphatic rings. The highest BCUT2D eigenvalue weighted by molar-refractivity contribution is 7.89. The minimum absolute atomic E-state index is 0.132. The Hall–Kier alpha value is -1.08. The quantitative estimate of drug-likeness (QED) is 0.924. The highest BCUT2D eigenvalue weighted by atomic mass is 35.5. The van der Waals surface area contributed by atoms with Gasteiger partial charge in [-0.2, -0.15) is 5.10 Å². The van der Waals surface area contributed by atoms with Gasteiger partial charge in [0.25, 0.3) is 0 Å². The van der Waals surface area contributed by atoms with Crippen molar-refractivity contribution in [1.82, 2.24) is 14.5 Å². The third-order valence-corrected chi connectivity index (χ3v) is 5.55. The van der Waals surface area contributed by atoms with Crippen molar-refractivity contribution in [3.63, 3.8) is 0 Å². The van der Waals surface area contributed by atoms with Crippen molar-refractivity contribution in [2.45, 2.75) is 25.3 Å². The summed E-state index contributed by atoms with van der Waals surface area (Å²) in [5, 5.41) is 4.94. The lowest BCUT2D eigenvalue weighted by Crippen LogP contribution is -2.24. The minimum Gasteiger partial charge on any atom is -0.271 e. The first-order valence-electron chi connectivity index (χ1n) is 6.16. The number of rotatable bonds is 4. The molecule has 0 saturated carbocycles. The number of sulfonamides is 1. The highest BCUT2D eigenvalue weighted by Gasteiger charge is 2.23. The van der Waals surface area contributed by atoms with Crippen LogP contribution in [0.3, 0.4) is 0 Å². The number of hydrogen-bond acceptors (Lipinski definition) is 3. The van der Waals surface area contributed by atoms with Crippen LogP contribution in [0.2, 0.25) is 10.0 Å². The van der Waals surface area contributed by atoms with Crippen molar-refractivity contribution in [2.24, 2.45) is 7.05 Å². The first kappa shape index (κ1) is 16.3. The third-order valence-electron chi connectivity index (χ3n) is 3.16. The maximum atomic E-state index is 12.4. The van der Waals surface area contributed by atoms with Crippen molar-refractivity contribution in [2.75, 3.05) is 0 Å². The summed E-state index contributed by atoms with van der Waals surface area (Å²) in [7, 11) is -1.92. The lowest BCUT2D eigenvalue weighted by atomic mass is 10.2. The molecule has 0 aliphatic carbocycles. The number of halogens is 2. The Morgan fingerprint density at radius 2 is 1.90 bits per heavy atom. The van der Waals surface area contributed by atoms with E-state index in [0.29, 0.717) is 21.4 Å². The van der Waals surface area contributed by atoms with Gasteiger partial charge in [-0.3, -0.25) is 4.68 Å². The molecule has 1 N–H and O–H groups in total. The topological polar surface area (TPSA) is 64.0 Å². The predicted octanol–water partition coefficient (Wildman–Crippen LogP) is 2.82. The Morgan fingerprint density at radius 1 is 1.24 bits per heavy atom. The summed E-state index contributed by atoms with van der Waals surface area (Å²) in [6.07, 6.45) is 0. The Morgan fingerprint density at radius 3 is 2.43 bits per heavy atom. The summed E-state index contributed by atoms with van der Waals surface area (Å²) in [5.41, 5.74) is 1.79. The molecule has 0 saturated heterocycles. The predicted molar refractivity (Wildman–Crippen MR) is 83.2 cm³/mol. The van der Waals surface area contributed by atoms with E-state index in [4.69, 9.17) is 23.2 Å². The summed E-state index contributed by atoms with van der Waals surface area (Å²) < 4.78 is 28.9. The molecule has 0 atom stereocenters. The van der Waals surface area contributed by atoms with Crippen molar-refractivity contribution in [3.8, 4) is 0 Å². The Balaban J connectivity index is 2.24. The number of benzene rings is 1. The normalized spacial score (nSPS) is 11.9. The number of nitrogens with zero attached hydrogens (tertiary/aromatic N) is 2. The molecule has 5 nitrogen and oxygen atoms in total. The molecule has 0 amide bonds. The van der Waals surface area contributed by atoms with Gasteiger partial charge < -0.3 is 0 Å². The molecule has 0 spiro atoms. The first-order chi connectivity index (χ1) is 9.72. The number of aromatic nitrogens is 2. The summed E-state index contributed by atoms with van der Waals surface area (Å²) in [4.78, 5) is 0.213. The van der Waals surface area contributed by atoms with Crippen LogP contribution >= 0.6 is 23.2 Å². The molecule has 8 heteroatoms. The van der Waals surface area contributed by atoms with Crippen molar-refractivity contribution in [3.05, 3.63) is 45.2 Å².